The highest BCUT2D eigenvalue weighted by Gasteiger charge is 2.37. The van der Waals surface area contributed by atoms with E-state index in [1.54, 1.807) is 37.2 Å². The van der Waals surface area contributed by atoms with Crippen molar-refractivity contribution in [3.63, 3.8) is 0 Å². The Morgan fingerprint density at radius 3 is 2.86 bits per heavy atom. The zero-order valence-corrected chi connectivity index (χ0v) is 16.9. The Morgan fingerprint density at radius 2 is 2.14 bits per heavy atom. The third-order valence-corrected chi connectivity index (χ3v) is 5.56. The lowest BCUT2D eigenvalue weighted by Gasteiger charge is -2.24. The molecule has 0 radical (unpaired) electrons. The third-order valence-electron chi connectivity index (χ3n) is 5.25. The molecule has 1 N–H and O–H groups in total. The van der Waals surface area contributed by atoms with Crippen molar-refractivity contribution < 1.29 is 14.3 Å². The predicted octanol–water partition coefficient (Wildman–Crippen LogP) is 2.06. The smallest absolute Gasteiger partial charge is 0.253 e. The van der Waals surface area contributed by atoms with Crippen LogP contribution in [-0.4, -0.2) is 67.0 Å². The van der Waals surface area contributed by atoms with Crippen molar-refractivity contribution in [1.82, 2.24) is 15.1 Å². The molecule has 8 heteroatoms. The highest BCUT2D eigenvalue weighted by Crippen LogP contribution is 2.27. The number of carbonyl (C=O) groups excluding carboxylic acids is 2. The summed E-state index contributed by atoms with van der Waals surface area (Å²) in [5.74, 6) is 0.335. The fourth-order valence-electron chi connectivity index (χ4n) is 3.71. The van der Waals surface area contributed by atoms with Crippen LogP contribution in [0.3, 0.4) is 0 Å². The van der Waals surface area contributed by atoms with E-state index in [0.717, 1.165) is 19.3 Å². The first-order valence-electron chi connectivity index (χ1n) is 9.51. The minimum absolute atomic E-state index is 0.00293. The summed E-state index contributed by atoms with van der Waals surface area (Å²) in [4.78, 5) is 28.0. The van der Waals surface area contributed by atoms with Gasteiger partial charge in [-0.25, -0.2) is 0 Å². The molecule has 2 aliphatic rings. The van der Waals surface area contributed by atoms with Crippen LogP contribution in [0.15, 0.2) is 18.2 Å². The summed E-state index contributed by atoms with van der Waals surface area (Å²) in [6.45, 7) is 1.00. The lowest BCUT2D eigenvalue weighted by molar-refractivity contribution is -0.133. The van der Waals surface area contributed by atoms with Gasteiger partial charge >= 0.3 is 0 Å². The molecule has 0 bridgehead atoms. The van der Waals surface area contributed by atoms with Gasteiger partial charge in [0.2, 0.25) is 5.91 Å². The molecule has 0 aliphatic carbocycles. The van der Waals surface area contributed by atoms with Crippen LogP contribution in [0.2, 0.25) is 5.02 Å². The number of nitrogens with one attached hydrogen (secondary N) is 1. The molecule has 150 valence electrons. The minimum Gasteiger partial charge on any atom is -0.490 e. The van der Waals surface area contributed by atoms with Crippen molar-refractivity contribution in [3.05, 3.63) is 28.8 Å². The van der Waals surface area contributed by atoms with Crippen molar-refractivity contribution in [1.29, 1.82) is 5.26 Å². The number of ether oxygens (including phenoxy) is 1. The Bertz CT molecular complexity index is 792. The second kappa shape index (κ2) is 8.80. The van der Waals surface area contributed by atoms with E-state index in [-0.39, 0.29) is 29.9 Å². The highest BCUT2D eigenvalue weighted by molar-refractivity contribution is 6.32. The molecule has 0 aromatic heterocycles. The number of nitrogens with zero attached hydrogens (tertiary/aromatic N) is 3. The van der Waals surface area contributed by atoms with Gasteiger partial charge in [0.1, 0.15) is 18.4 Å². The fraction of sp³-hybridized carbons (Fsp3) is 0.550. The van der Waals surface area contributed by atoms with Crippen LogP contribution in [0.1, 0.15) is 36.0 Å². The Labute approximate surface area is 170 Å². The second-order valence-corrected chi connectivity index (χ2v) is 7.88. The molecule has 1 aromatic carbocycles. The quantitative estimate of drug-likeness (QED) is 0.811. The Balaban J connectivity index is 1.56. The van der Waals surface area contributed by atoms with Crippen molar-refractivity contribution in [2.75, 3.05) is 27.2 Å². The average Bonchev–Trinajstić information content (AvgIpc) is 3.35. The lowest BCUT2D eigenvalue weighted by atomic mass is 10.1. The second-order valence-electron chi connectivity index (χ2n) is 7.47. The molecule has 7 nitrogen and oxygen atoms in total. The van der Waals surface area contributed by atoms with E-state index in [2.05, 4.69) is 11.4 Å². The van der Waals surface area contributed by atoms with Gasteiger partial charge in [-0.1, -0.05) is 11.6 Å². The molecule has 28 heavy (non-hydrogen) atoms. The standard InChI is InChI=1S/C20H25ClN4O3/c1-24(2)19(26)13-5-7-16(21)18(10-13)28-12-14-6-8-17(23-14)20(27)25-9-3-4-15(25)11-22/h5,7,10,14-15,17,23H,3-4,6,8-9,12H2,1-2H3/t14-,15+,17+/m1/s1. The van der Waals surface area contributed by atoms with Gasteiger partial charge in [0, 0.05) is 32.2 Å². The monoisotopic (exact) mass is 404 g/mol. The van der Waals surface area contributed by atoms with Crippen LogP contribution in [0.5, 0.6) is 5.75 Å². The number of hydrogen-bond acceptors (Lipinski definition) is 5. The molecule has 0 unspecified atom stereocenters. The number of nitriles is 1. The predicted molar refractivity (Wildman–Crippen MR) is 105 cm³/mol. The summed E-state index contributed by atoms with van der Waals surface area (Å²) in [5, 5.41) is 12.9. The molecule has 2 saturated heterocycles. The van der Waals surface area contributed by atoms with Gasteiger partial charge in [0.05, 0.1) is 17.1 Å². The van der Waals surface area contributed by atoms with E-state index in [0.29, 0.717) is 35.9 Å². The van der Waals surface area contributed by atoms with E-state index < -0.39 is 0 Å². The molecule has 3 atom stereocenters. The molecule has 2 amide bonds. The van der Waals surface area contributed by atoms with Crippen LogP contribution < -0.4 is 10.1 Å². The largest absolute Gasteiger partial charge is 0.490 e. The summed E-state index contributed by atoms with van der Waals surface area (Å²) < 4.78 is 5.84. The summed E-state index contributed by atoms with van der Waals surface area (Å²) in [6, 6.07) is 6.61. The van der Waals surface area contributed by atoms with Gasteiger partial charge < -0.3 is 14.5 Å². The van der Waals surface area contributed by atoms with Crippen LogP contribution in [-0.2, 0) is 4.79 Å². The number of likely N-dealkylation sites (tertiary alicyclic amines) is 1. The Hall–Kier alpha value is -2.30. The van der Waals surface area contributed by atoms with Crippen LogP contribution >= 0.6 is 11.6 Å². The Kier molecular flexibility index (Phi) is 6.42. The molecule has 0 spiro atoms. The van der Waals surface area contributed by atoms with Crippen molar-refractivity contribution in [3.8, 4) is 11.8 Å². The van der Waals surface area contributed by atoms with Gasteiger partial charge in [0.25, 0.3) is 5.91 Å². The summed E-state index contributed by atoms with van der Waals surface area (Å²) >= 11 is 6.20. The van der Waals surface area contributed by atoms with Crippen molar-refractivity contribution >= 4 is 23.4 Å². The van der Waals surface area contributed by atoms with E-state index in [9.17, 15) is 14.9 Å². The maximum absolute atomic E-state index is 12.7. The SMILES string of the molecule is CN(C)C(=O)c1ccc(Cl)c(OC[C@H]2CC[C@@H](C(=O)N3CCC[C@H]3C#N)N2)c1. The van der Waals surface area contributed by atoms with E-state index in [1.165, 1.54) is 4.90 Å². The molecule has 2 heterocycles. The van der Waals surface area contributed by atoms with Gasteiger partial charge in [-0.3, -0.25) is 14.9 Å². The first-order chi connectivity index (χ1) is 13.4. The number of amides is 2. The maximum atomic E-state index is 12.7. The zero-order chi connectivity index (χ0) is 20.3. The number of benzene rings is 1. The van der Waals surface area contributed by atoms with Crippen LogP contribution in [0.25, 0.3) is 0 Å². The summed E-state index contributed by atoms with van der Waals surface area (Å²) in [7, 11) is 3.38. The van der Waals surface area contributed by atoms with Gasteiger partial charge in [-0.2, -0.15) is 5.26 Å². The summed E-state index contributed by atoms with van der Waals surface area (Å²) in [5.41, 5.74) is 0.508. The molecule has 1 aromatic rings. The van der Waals surface area contributed by atoms with E-state index in [1.807, 2.05) is 0 Å². The van der Waals surface area contributed by atoms with Crippen molar-refractivity contribution in [2.24, 2.45) is 0 Å². The lowest BCUT2D eigenvalue weighted by Crippen LogP contribution is -2.47. The van der Waals surface area contributed by atoms with E-state index >= 15 is 0 Å². The molecule has 2 aliphatic heterocycles. The first kappa shape index (κ1) is 20.4. The third kappa shape index (κ3) is 4.40. The first-order valence-corrected chi connectivity index (χ1v) is 9.88. The number of rotatable bonds is 5. The van der Waals surface area contributed by atoms with Crippen LogP contribution in [0, 0.1) is 11.3 Å². The van der Waals surface area contributed by atoms with Crippen LogP contribution in [0.4, 0.5) is 0 Å². The maximum Gasteiger partial charge on any atom is 0.253 e. The fourth-order valence-corrected chi connectivity index (χ4v) is 3.88. The average molecular weight is 405 g/mol. The van der Waals surface area contributed by atoms with Gasteiger partial charge in [0.15, 0.2) is 0 Å². The van der Waals surface area contributed by atoms with Crippen molar-refractivity contribution in [2.45, 2.75) is 43.8 Å². The molecular formula is C20H25ClN4O3. The van der Waals surface area contributed by atoms with Gasteiger partial charge in [-0.05, 0) is 43.9 Å². The minimum atomic E-state index is -0.305. The molecular weight excluding hydrogens is 380 g/mol. The zero-order valence-electron chi connectivity index (χ0n) is 16.2. The topological polar surface area (TPSA) is 85.7 Å². The molecule has 0 saturated carbocycles. The Morgan fingerprint density at radius 1 is 1.36 bits per heavy atom. The number of halogens is 1. The number of carbonyl (C=O) groups is 2. The van der Waals surface area contributed by atoms with E-state index in [4.69, 9.17) is 16.3 Å². The molecule has 3 rings (SSSR count). The summed E-state index contributed by atoms with van der Waals surface area (Å²) in [6.07, 6.45) is 3.15. The van der Waals surface area contributed by atoms with Gasteiger partial charge in [-0.15, -0.1) is 0 Å². The normalized spacial score (nSPS) is 24.1. The number of hydrogen-bond donors (Lipinski definition) is 1. The molecule has 2 fully saturated rings. The highest BCUT2D eigenvalue weighted by atomic mass is 35.5.